The van der Waals surface area contributed by atoms with Crippen LogP contribution < -0.4 is 4.74 Å². The largest absolute Gasteiger partial charge is 0.504 e. The van der Waals surface area contributed by atoms with Crippen LogP contribution in [0.3, 0.4) is 0 Å². The zero-order valence-corrected chi connectivity index (χ0v) is 12.5. The van der Waals surface area contributed by atoms with Crippen LogP contribution in [0, 0.1) is 0 Å². The Bertz CT molecular complexity index is 612. The summed E-state index contributed by atoms with van der Waals surface area (Å²) in [4.78, 5) is 2.53. The van der Waals surface area contributed by atoms with Crippen molar-refractivity contribution in [2.75, 3.05) is 20.8 Å². The van der Waals surface area contributed by atoms with Crippen LogP contribution in [0.25, 0.3) is 0 Å². The molecule has 1 saturated heterocycles. The summed E-state index contributed by atoms with van der Waals surface area (Å²) in [6.45, 7) is 2.01. The molecule has 1 aromatic carbocycles. The maximum atomic E-state index is 10.1. The number of phenolic OH excluding ortho intramolecular Hbond substituents is 1. The van der Waals surface area contributed by atoms with Gasteiger partial charge in [0.1, 0.15) is 0 Å². The van der Waals surface area contributed by atoms with Gasteiger partial charge in [0.05, 0.1) is 13.2 Å². The van der Waals surface area contributed by atoms with Gasteiger partial charge >= 0.3 is 0 Å². The van der Waals surface area contributed by atoms with Crippen molar-refractivity contribution in [1.29, 1.82) is 0 Å². The summed E-state index contributed by atoms with van der Waals surface area (Å²) >= 11 is 0. The van der Waals surface area contributed by atoms with Gasteiger partial charge in [-0.15, -0.1) is 0 Å². The van der Waals surface area contributed by atoms with Gasteiger partial charge in [-0.25, -0.2) is 0 Å². The third-order valence-corrected chi connectivity index (χ3v) is 5.49. The van der Waals surface area contributed by atoms with Crippen LogP contribution in [-0.2, 0) is 16.7 Å². The number of phenols is 1. The second-order valence-electron chi connectivity index (χ2n) is 6.33. The molecule has 4 heteroatoms. The van der Waals surface area contributed by atoms with E-state index in [0.717, 1.165) is 25.9 Å². The Labute approximate surface area is 125 Å². The number of fused-ring (bicyclic) bond motifs is 1. The molecule has 21 heavy (non-hydrogen) atoms. The molecule has 2 aliphatic heterocycles. The molecule has 0 amide bonds. The first-order valence-electron chi connectivity index (χ1n) is 7.54. The molecular weight excluding hydrogens is 266 g/mol. The fourth-order valence-electron chi connectivity index (χ4n) is 4.43. The van der Waals surface area contributed by atoms with Crippen LogP contribution in [0.5, 0.6) is 11.5 Å². The van der Waals surface area contributed by atoms with Crippen LogP contribution in [0.2, 0.25) is 0 Å². The first kappa shape index (κ1) is 13.2. The minimum atomic E-state index is 0.0591. The molecule has 2 heterocycles. The molecule has 1 aliphatic carbocycles. The van der Waals surface area contributed by atoms with Gasteiger partial charge in [0, 0.05) is 31.7 Å². The second-order valence-corrected chi connectivity index (χ2v) is 6.33. The Kier molecular flexibility index (Phi) is 2.81. The number of ether oxygens (including phenoxy) is 2. The monoisotopic (exact) mass is 287 g/mol. The van der Waals surface area contributed by atoms with E-state index in [9.17, 15) is 5.11 Å². The van der Waals surface area contributed by atoms with Gasteiger partial charge in [-0.05, 0) is 36.1 Å². The van der Waals surface area contributed by atoms with Gasteiger partial charge < -0.3 is 14.6 Å². The van der Waals surface area contributed by atoms with Crippen molar-refractivity contribution in [1.82, 2.24) is 4.90 Å². The number of nitrogens with zero attached hydrogens (tertiary/aromatic N) is 1. The van der Waals surface area contributed by atoms with Crippen LogP contribution in [0.15, 0.2) is 24.3 Å². The van der Waals surface area contributed by atoms with Crippen molar-refractivity contribution in [2.45, 2.75) is 36.9 Å². The van der Waals surface area contributed by atoms with E-state index >= 15 is 0 Å². The van der Waals surface area contributed by atoms with Crippen molar-refractivity contribution in [3.05, 3.63) is 35.4 Å². The summed E-state index contributed by atoms with van der Waals surface area (Å²) in [5, 5.41) is 10.1. The Morgan fingerprint density at radius 1 is 1.33 bits per heavy atom. The topological polar surface area (TPSA) is 41.9 Å². The molecule has 3 aliphatic rings. The lowest BCUT2D eigenvalue weighted by Crippen LogP contribution is -2.49. The van der Waals surface area contributed by atoms with Gasteiger partial charge in [0.15, 0.2) is 11.5 Å². The smallest absolute Gasteiger partial charge is 0.160 e. The van der Waals surface area contributed by atoms with E-state index in [1.807, 2.05) is 12.1 Å². The number of aromatic hydroxyl groups is 1. The Morgan fingerprint density at radius 3 is 2.95 bits per heavy atom. The Hall–Kier alpha value is -1.52. The predicted molar refractivity (Wildman–Crippen MR) is 79.7 cm³/mol. The minimum absolute atomic E-state index is 0.0591. The molecule has 112 valence electrons. The van der Waals surface area contributed by atoms with E-state index in [2.05, 4.69) is 17.1 Å². The average molecular weight is 287 g/mol. The third kappa shape index (κ3) is 1.69. The first-order valence-corrected chi connectivity index (χ1v) is 7.54. The van der Waals surface area contributed by atoms with Gasteiger partial charge in [-0.1, -0.05) is 12.2 Å². The molecule has 4 rings (SSSR count). The summed E-state index contributed by atoms with van der Waals surface area (Å²) in [6.07, 6.45) is 6.92. The standard InChI is InChI=1S/C17H21NO3/c1-20-12-3-4-17-5-6-18(16(17)8-12)10-11-7-14(19)15(21-2)9-13(11)17/h3-4,7,9,12,16,19H,5-6,8,10H2,1-2H3. The summed E-state index contributed by atoms with van der Waals surface area (Å²) in [5.74, 6) is 0.811. The number of methoxy groups -OCH3 is 2. The van der Waals surface area contributed by atoms with E-state index in [-0.39, 0.29) is 17.3 Å². The molecule has 4 nitrogen and oxygen atoms in total. The van der Waals surface area contributed by atoms with Crippen LogP contribution >= 0.6 is 0 Å². The van der Waals surface area contributed by atoms with E-state index in [0.29, 0.717) is 11.8 Å². The molecule has 4 unspecified atom stereocenters. The number of hydrogen-bond acceptors (Lipinski definition) is 4. The Balaban J connectivity index is 1.88. The summed E-state index contributed by atoms with van der Waals surface area (Å²) in [5.41, 5.74) is 2.60. The van der Waals surface area contributed by atoms with Crippen LogP contribution in [0.1, 0.15) is 24.0 Å². The van der Waals surface area contributed by atoms with E-state index in [4.69, 9.17) is 9.47 Å². The van der Waals surface area contributed by atoms with E-state index < -0.39 is 0 Å². The highest BCUT2D eigenvalue weighted by Gasteiger charge is 2.53. The molecule has 1 N–H and O–H groups in total. The van der Waals surface area contributed by atoms with Gasteiger partial charge in [0.2, 0.25) is 0 Å². The van der Waals surface area contributed by atoms with Crippen LogP contribution in [-0.4, -0.2) is 42.9 Å². The minimum Gasteiger partial charge on any atom is -0.504 e. The highest BCUT2D eigenvalue weighted by molar-refractivity contribution is 5.54. The summed E-state index contributed by atoms with van der Waals surface area (Å²) < 4.78 is 10.9. The molecule has 4 atom stereocenters. The van der Waals surface area contributed by atoms with E-state index in [1.165, 1.54) is 11.1 Å². The zero-order chi connectivity index (χ0) is 14.6. The molecule has 0 saturated carbocycles. The highest BCUT2D eigenvalue weighted by atomic mass is 16.5. The maximum Gasteiger partial charge on any atom is 0.160 e. The molecule has 0 aromatic heterocycles. The van der Waals surface area contributed by atoms with Gasteiger partial charge in [0.25, 0.3) is 0 Å². The number of rotatable bonds is 2. The summed E-state index contributed by atoms with van der Waals surface area (Å²) in [7, 11) is 3.39. The molecule has 0 radical (unpaired) electrons. The second kappa shape index (κ2) is 4.49. The Morgan fingerprint density at radius 2 is 2.19 bits per heavy atom. The van der Waals surface area contributed by atoms with E-state index in [1.54, 1.807) is 14.2 Å². The highest BCUT2D eigenvalue weighted by Crippen LogP contribution is 2.52. The quantitative estimate of drug-likeness (QED) is 0.847. The fraction of sp³-hybridized carbons (Fsp3) is 0.529. The van der Waals surface area contributed by atoms with Crippen molar-refractivity contribution < 1.29 is 14.6 Å². The normalized spacial score (nSPS) is 36.2. The van der Waals surface area contributed by atoms with Crippen molar-refractivity contribution >= 4 is 0 Å². The maximum absolute atomic E-state index is 10.1. The fourth-order valence-corrected chi connectivity index (χ4v) is 4.43. The first-order chi connectivity index (χ1) is 10.2. The molecule has 0 spiro atoms. The third-order valence-electron chi connectivity index (χ3n) is 5.49. The van der Waals surface area contributed by atoms with Crippen molar-refractivity contribution in [2.24, 2.45) is 0 Å². The van der Waals surface area contributed by atoms with Gasteiger partial charge in [-0.2, -0.15) is 0 Å². The lowest BCUT2D eigenvalue weighted by molar-refractivity contribution is 0.0749. The SMILES string of the molecule is COc1cc2c(cc1O)CN1CCC23C=CC(OC)CC13. The molecule has 1 aromatic rings. The number of benzene rings is 1. The van der Waals surface area contributed by atoms with Crippen LogP contribution in [0.4, 0.5) is 0 Å². The average Bonchev–Trinajstić information content (AvgIpc) is 2.78. The van der Waals surface area contributed by atoms with Gasteiger partial charge in [-0.3, -0.25) is 4.90 Å². The molecular formula is C17H21NO3. The number of hydrogen-bond donors (Lipinski definition) is 1. The lowest BCUT2D eigenvalue weighted by atomic mass is 9.66. The van der Waals surface area contributed by atoms with Crippen molar-refractivity contribution in [3.63, 3.8) is 0 Å². The lowest BCUT2D eigenvalue weighted by Gasteiger charge is -2.45. The zero-order valence-electron chi connectivity index (χ0n) is 12.5. The van der Waals surface area contributed by atoms with Crippen molar-refractivity contribution in [3.8, 4) is 11.5 Å². The summed E-state index contributed by atoms with van der Waals surface area (Å²) in [6, 6.07) is 4.41. The predicted octanol–water partition coefficient (Wildman–Crippen LogP) is 2.20. The molecule has 1 fully saturated rings. The molecule has 2 bridgehead atoms.